The maximum Gasteiger partial charge on any atom is 0.330 e. The van der Waals surface area contributed by atoms with E-state index in [1.54, 1.807) is 48.5 Å². The summed E-state index contributed by atoms with van der Waals surface area (Å²) in [6, 6.07) is 18.4. The molecule has 3 aromatic rings. The van der Waals surface area contributed by atoms with Crippen molar-refractivity contribution in [2.75, 3.05) is 26.4 Å². The molecule has 15 heteroatoms. The molecule has 2 aliphatic rings. The van der Waals surface area contributed by atoms with E-state index >= 15 is 0 Å². The van der Waals surface area contributed by atoms with Crippen LogP contribution in [0.2, 0.25) is 0 Å². The van der Waals surface area contributed by atoms with Gasteiger partial charge in [0.2, 0.25) is 0 Å². The third-order valence-corrected chi connectivity index (χ3v) is 15.3. The van der Waals surface area contributed by atoms with Crippen molar-refractivity contribution in [3.05, 3.63) is 97.6 Å². The third kappa shape index (κ3) is 26.4. The molecular formula is C67H90O15. The molecule has 448 valence electrons. The summed E-state index contributed by atoms with van der Waals surface area (Å²) in [5.41, 5.74) is 0.0587. The first kappa shape index (κ1) is 66.0. The van der Waals surface area contributed by atoms with E-state index in [-0.39, 0.29) is 52.8 Å². The lowest BCUT2D eigenvalue weighted by Gasteiger charge is -2.26. The molecule has 82 heavy (non-hydrogen) atoms. The van der Waals surface area contributed by atoms with Gasteiger partial charge < -0.3 is 37.9 Å². The van der Waals surface area contributed by atoms with Crippen molar-refractivity contribution in [2.45, 2.75) is 193 Å². The average Bonchev–Trinajstić information content (AvgIpc) is 3.69. The Labute approximate surface area is 486 Å². The van der Waals surface area contributed by atoms with Gasteiger partial charge in [0.05, 0.1) is 55.7 Å². The zero-order valence-corrected chi connectivity index (χ0v) is 48.5. The topological polar surface area (TPSA) is 193 Å². The van der Waals surface area contributed by atoms with Gasteiger partial charge in [0.25, 0.3) is 0 Å². The van der Waals surface area contributed by atoms with Crippen LogP contribution in [0.25, 0.3) is 0 Å². The zero-order chi connectivity index (χ0) is 58.4. The summed E-state index contributed by atoms with van der Waals surface area (Å²) < 4.78 is 44.5. The van der Waals surface area contributed by atoms with E-state index in [0.717, 1.165) is 63.5 Å². The largest absolute Gasteiger partial charge is 0.494 e. The number of unbranched alkanes of at least 4 members (excludes halogenated alkanes) is 20. The van der Waals surface area contributed by atoms with Gasteiger partial charge in [0.1, 0.15) is 34.5 Å². The lowest BCUT2D eigenvalue weighted by atomic mass is 9.82. The average molecular weight is 1140 g/mol. The minimum atomic E-state index is -0.500. The molecule has 0 aliphatic heterocycles. The zero-order valence-electron chi connectivity index (χ0n) is 48.5. The van der Waals surface area contributed by atoms with Crippen LogP contribution in [0.5, 0.6) is 34.5 Å². The Morgan fingerprint density at radius 2 is 0.622 bits per heavy atom. The Morgan fingerprint density at radius 1 is 0.354 bits per heavy atom. The van der Waals surface area contributed by atoms with E-state index in [0.29, 0.717) is 101 Å². The fraction of sp³-hybridized carbons (Fsp3) is 0.567. The van der Waals surface area contributed by atoms with E-state index in [2.05, 4.69) is 13.2 Å². The van der Waals surface area contributed by atoms with Crippen molar-refractivity contribution in [3.63, 3.8) is 0 Å². The molecule has 0 aromatic heterocycles. The number of hydrogen-bond acceptors (Lipinski definition) is 15. The number of esters is 6. The first-order chi connectivity index (χ1) is 40.0. The van der Waals surface area contributed by atoms with E-state index in [4.69, 9.17) is 37.9 Å². The molecule has 0 bridgehead atoms. The van der Waals surface area contributed by atoms with Crippen LogP contribution in [0, 0.1) is 23.7 Å². The highest BCUT2D eigenvalue weighted by molar-refractivity contribution is 5.85. The summed E-state index contributed by atoms with van der Waals surface area (Å²) >= 11 is 0. The molecule has 0 radical (unpaired) electrons. The Kier molecular flexibility index (Phi) is 31.9. The van der Waals surface area contributed by atoms with Gasteiger partial charge in [0, 0.05) is 12.2 Å². The van der Waals surface area contributed by atoms with Gasteiger partial charge >= 0.3 is 35.8 Å². The normalized spacial score (nSPS) is 16.6. The second-order valence-electron chi connectivity index (χ2n) is 21.8. The summed E-state index contributed by atoms with van der Waals surface area (Å²) in [5, 5.41) is 0. The molecule has 0 spiro atoms. The highest BCUT2D eigenvalue weighted by Crippen LogP contribution is 2.35. The van der Waals surface area contributed by atoms with Crippen molar-refractivity contribution < 1.29 is 71.5 Å². The Balaban J connectivity index is 0.872. The molecule has 0 atom stereocenters. The second-order valence-corrected chi connectivity index (χ2v) is 21.8. The van der Waals surface area contributed by atoms with Crippen LogP contribution < -0.4 is 28.4 Å². The lowest BCUT2D eigenvalue weighted by molar-refractivity contribution is -0.145. The van der Waals surface area contributed by atoms with Crippen LogP contribution >= 0.6 is 0 Å². The van der Waals surface area contributed by atoms with Gasteiger partial charge in [-0.25, -0.2) is 9.59 Å². The number of benzene rings is 3. The summed E-state index contributed by atoms with van der Waals surface area (Å²) in [5.74, 6) is -1.47. The van der Waals surface area contributed by atoms with Gasteiger partial charge in [-0.1, -0.05) is 129 Å². The molecule has 15 nitrogen and oxygen atoms in total. The summed E-state index contributed by atoms with van der Waals surface area (Å²) in [6.45, 7) is 8.99. The maximum atomic E-state index is 13.2. The number of aldehydes is 1. The standard InChI is InChI=1S/C67H90O15/c1-3-62(69)77-47-25-21-17-13-8-6-5-7-11-15-19-23-45-75-56-35-39-58(40-36-56)79-64(71)51-27-29-53(30-28-51)66(73)81-60-43-44-61(55(49-60)50-68)82-67(74)54-33-31-52(32-34-54)65(72)80-59-41-37-57(38-42-59)76-46-24-20-16-12-9-10-14-18-22-26-48-78-63(70)4-2/h3-4,35-44,49-54H,1-2,5-34,45-48H2. The van der Waals surface area contributed by atoms with Gasteiger partial charge in [-0.15, -0.1) is 0 Å². The fourth-order valence-corrected chi connectivity index (χ4v) is 10.3. The molecule has 2 fully saturated rings. The van der Waals surface area contributed by atoms with Crippen LogP contribution in [0.4, 0.5) is 0 Å². The van der Waals surface area contributed by atoms with Gasteiger partial charge in [0.15, 0.2) is 6.29 Å². The number of hydrogen-bond donors (Lipinski definition) is 0. The third-order valence-electron chi connectivity index (χ3n) is 15.3. The van der Waals surface area contributed by atoms with E-state index in [9.17, 15) is 33.6 Å². The Bertz CT molecular complexity index is 2400. The maximum absolute atomic E-state index is 13.2. The van der Waals surface area contributed by atoms with E-state index in [1.165, 1.54) is 114 Å². The molecule has 0 heterocycles. The Morgan fingerprint density at radius 3 is 0.939 bits per heavy atom. The molecule has 2 saturated carbocycles. The summed E-state index contributed by atoms with van der Waals surface area (Å²) in [7, 11) is 0. The smallest absolute Gasteiger partial charge is 0.330 e. The highest BCUT2D eigenvalue weighted by Gasteiger charge is 2.34. The van der Waals surface area contributed by atoms with Crippen molar-refractivity contribution in [2.24, 2.45) is 23.7 Å². The van der Waals surface area contributed by atoms with Crippen molar-refractivity contribution >= 4 is 42.1 Å². The highest BCUT2D eigenvalue weighted by atomic mass is 16.6. The minimum Gasteiger partial charge on any atom is -0.494 e. The van der Waals surface area contributed by atoms with E-state index < -0.39 is 23.8 Å². The number of carbonyl (C=O) groups is 7. The van der Waals surface area contributed by atoms with Crippen LogP contribution in [-0.4, -0.2) is 68.5 Å². The Hall–Kier alpha value is -6.77. The molecule has 0 saturated heterocycles. The predicted octanol–water partition coefficient (Wildman–Crippen LogP) is 14.9. The number of carbonyl (C=O) groups excluding carboxylic acids is 7. The monoisotopic (exact) mass is 1130 g/mol. The lowest BCUT2D eigenvalue weighted by Crippen LogP contribution is -2.30. The van der Waals surface area contributed by atoms with Crippen LogP contribution in [0.15, 0.2) is 92.0 Å². The van der Waals surface area contributed by atoms with Crippen molar-refractivity contribution in [1.29, 1.82) is 0 Å². The summed E-state index contributed by atoms with van der Waals surface area (Å²) in [6.07, 6.45) is 31.7. The van der Waals surface area contributed by atoms with Crippen LogP contribution in [0.3, 0.4) is 0 Å². The van der Waals surface area contributed by atoms with Crippen LogP contribution in [0.1, 0.15) is 203 Å². The van der Waals surface area contributed by atoms with Crippen molar-refractivity contribution in [3.8, 4) is 34.5 Å². The summed E-state index contributed by atoms with van der Waals surface area (Å²) in [4.78, 5) is 86.8. The second kappa shape index (κ2) is 39.6. The van der Waals surface area contributed by atoms with Gasteiger partial charge in [-0.2, -0.15) is 0 Å². The van der Waals surface area contributed by atoms with Gasteiger partial charge in [-0.3, -0.25) is 24.0 Å². The van der Waals surface area contributed by atoms with E-state index in [1.807, 2.05) is 0 Å². The fourth-order valence-electron chi connectivity index (χ4n) is 10.3. The first-order valence-electron chi connectivity index (χ1n) is 30.5. The first-order valence-corrected chi connectivity index (χ1v) is 30.5. The minimum absolute atomic E-state index is 0.0552. The molecule has 3 aromatic carbocycles. The molecular weight excluding hydrogens is 1040 g/mol. The predicted molar refractivity (Wildman–Crippen MR) is 313 cm³/mol. The van der Waals surface area contributed by atoms with Crippen molar-refractivity contribution in [1.82, 2.24) is 0 Å². The molecule has 5 rings (SSSR count). The molecule has 2 aliphatic carbocycles. The van der Waals surface area contributed by atoms with Crippen LogP contribution in [-0.2, 0) is 38.2 Å². The molecule has 0 amide bonds. The quantitative estimate of drug-likeness (QED) is 0.0171. The SMILES string of the molecule is C=CC(=O)OCCCCCCCCCCCCCCOc1ccc(OC(=O)C2CCC(C(=O)Oc3ccc(OC(=O)C4CCC(C(=O)Oc5ccc(OCCCCCCCCCCCCOC(=O)C=C)cc5)CC4)c(C=O)c3)CC2)cc1. The van der Waals surface area contributed by atoms with Gasteiger partial charge in [-0.05, 0) is 144 Å². The molecule has 0 N–H and O–H groups in total. The molecule has 0 unspecified atom stereocenters. The number of ether oxygens (including phenoxy) is 8. The number of rotatable bonds is 41.